The third kappa shape index (κ3) is 6.88. The van der Waals surface area contributed by atoms with Crippen molar-refractivity contribution in [2.45, 2.75) is 82.3 Å². The lowest BCUT2D eigenvalue weighted by atomic mass is 9.74. The summed E-state index contributed by atoms with van der Waals surface area (Å²) in [5.41, 5.74) is -3.35. The Hall–Kier alpha value is -3.08. The summed E-state index contributed by atoms with van der Waals surface area (Å²) in [7, 11) is 0. The molecule has 1 N–H and O–H groups in total. The molecule has 1 saturated carbocycles. The van der Waals surface area contributed by atoms with Gasteiger partial charge in [-0.15, -0.1) is 0 Å². The van der Waals surface area contributed by atoms with E-state index in [9.17, 15) is 35.9 Å². The van der Waals surface area contributed by atoms with Crippen molar-refractivity contribution in [3.63, 3.8) is 0 Å². The maximum atomic E-state index is 13.5. The molecule has 0 unspecified atom stereocenters. The van der Waals surface area contributed by atoms with Gasteiger partial charge in [-0.25, -0.2) is 0 Å². The average molecular weight is 584 g/mol. The largest absolute Gasteiger partial charge is 0.416 e. The molecular formula is C30H35F6N3O2. The van der Waals surface area contributed by atoms with E-state index in [1.54, 1.807) is 0 Å². The van der Waals surface area contributed by atoms with Crippen LogP contribution in [0, 0.1) is 0 Å². The van der Waals surface area contributed by atoms with E-state index in [4.69, 9.17) is 0 Å². The van der Waals surface area contributed by atoms with Gasteiger partial charge in [0, 0.05) is 25.2 Å². The molecule has 1 atom stereocenters. The standard InChI is InChI=1S/C30H35F6N3O2/c1-19(2)38-13-14-39(26(40)18-38)25-9-11-28(12-10-25,22-7-5-4-6-8-22)37-27(41)20(3)21-15-23(29(31,32)33)17-24(16-21)30(34,35)36/h4-8,15-17,19-20,25H,9-14,18H2,1-3H3,(H,37,41)/t20-,25?,28?/m0/s1. The number of benzene rings is 2. The molecule has 1 heterocycles. The Morgan fingerprint density at radius 3 is 1.95 bits per heavy atom. The van der Waals surface area contributed by atoms with E-state index >= 15 is 0 Å². The van der Waals surface area contributed by atoms with Crippen LogP contribution in [0.2, 0.25) is 0 Å². The van der Waals surface area contributed by atoms with Crippen molar-refractivity contribution in [1.29, 1.82) is 0 Å². The quantitative estimate of drug-likeness (QED) is 0.404. The molecule has 0 bridgehead atoms. The number of carbonyl (C=O) groups is 2. The SMILES string of the molecule is CC(C)N1CCN(C2CCC(NC(=O)[C@@H](C)c3cc(C(F)(F)F)cc(C(F)(F)F)c3)(c3ccccc3)CC2)C(=O)C1. The van der Waals surface area contributed by atoms with Crippen molar-refractivity contribution in [2.75, 3.05) is 19.6 Å². The molecule has 2 amide bonds. The van der Waals surface area contributed by atoms with Crippen LogP contribution in [0.1, 0.15) is 74.6 Å². The van der Waals surface area contributed by atoms with Crippen molar-refractivity contribution in [1.82, 2.24) is 15.1 Å². The molecule has 1 aliphatic heterocycles. The number of halogens is 6. The second-order valence-corrected chi connectivity index (χ2v) is 11.4. The molecule has 2 aromatic rings. The van der Waals surface area contributed by atoms with Crippen molar-refractivity contribution in [2.24, 2.45) is 0 Å². The first kappa shape index (κ1) is 30.9. The first-order chi connectivity index (χ1) is 19.1. The van der Waals surface area contributed by atoms with Crippen LogP contribution in [-0.2, 0) is 27.5 Å². The van der Waals surface area contributed by atoms with Crippen LogP contribution in [0.4, 0.5) is 26.3 Å². The average Bonchev–Trinajstić information content (AvgIpc) is 2.92. The Bertz CT molecular complexity index is 1200. The van der Waals surface area contributed by atoms with Crippen LogP contribution in [0.15, 0.2) is 48.5 Å². The van der Waals surface area contributed by atoms with Gasteiger partial charge in [-0.3, -0.25) is 14.5 Å². The first-order valence-corrected chi connectivity index (χ1v) is 13.8. The highest BCUT2D eigenvalue weighted by molar-refractivity contribution is 5.84. The summed E-state index contributed by atoms with van der Waals surface area (Å²) >= 11 is 0. The number of carbonyl (C=O) groups excluding carboxylic acids is 2. The second-order valence-electron chi connectivity index (χ2n) is 11.4. The van der Waals surface area contributed by atoms with Crippen LogP contribution in [0.3, 0.4) is 0 Å². The number of nitrogens with zero attached hydrogens (tertiary/aromatic N) is 2. The number of amides is 2. The Labute approximate surface area is 235 Å². The van der Waals surface area contributed by atoms with Gasteiger partial charge in [0.1, 0.15) is 0 Å². The first-order valence-electron chi connectivity index (χ1n) is 13.8. The van der Waals surface area contributed by atoms with Crippen LogP contribution in [-0.4, -0.2) is 53.3 Å². The fraction of sp³-hybridized carbons (Fsp3) is 0.533. The van der Waals surface area contributed by atoms with Crippen molar-refractivity contribution in [3.8, 4) is 0 Å². The predicted molar refractivity (Wildman–Crippen MR) is 142 cm³/mol. The molecule has 2 aliphatic rings. The molecule has 11 heteroatoms. The Kier molecular flexibility index (Phi) is 8.78. The highest BCUT2D eigenvalue weighted by Crippen LogP contribution is 2.41. The molecule has 0 spiro atoms. The normalized spacial score (nSPS) is 23.5. The van der Waals surface area contributed by atoms with Gasteiger partial charge in [0.05, 0.1) is 29.1 Å². The maximum absolute atomic E-state index is 13.5. The second kappa shape index (κ2) is 11.7. The topological polar surface area (TPSA) is 52.6 Å². The zero-order valence-corrected chi connectivity index (χ0v) is 23.3. The minimum atomic E-state index is -5.01. The highest BCUT2D eigenvalue weighted by Gasteiger charge is 2.43. The number of rotatable bonds is 6. The highest BCUT2D eigenvalue weighted by atomic mass is 19.4. The van der Waals surface area contributed by atoms with E-state index in [-0.39, 0.29) is 29.6 Å². The monoisotopic (exact) mass is 583 g/mol. The van der Waals surface area contributed by atoms with Gasteiger partial charge in [-0.1, -0.05) is 30.3 Å². The molecule has 1 saturated heterocycles. The Morgan fingerprint density at radius 2 is 1.46 bits per heavy atom. The van der Waals surface area contributed by atoms with E-state index < -0.39 is 40.8 Å². The lowest BCUT2D eigenvalue weighted by molar-refractivity contribution is -0.143. The lowest BCUT2D eigenvalue weighted by Crippen LogP contribution is -2.58. The molecular weight excluding hydrogens is 548 g/mol. The third-order valence-corrected chi connectivity index (χ3v) is 8.46. The molecule has 4 rings (SSSR count). The van der Waals surface area contributed by atoms with Crippen LogP contribution in [0.5, 0.6) is 0 Å². The number of nitrogens with one attached hydrogen (secondary N) is 1. The summed E-state index contributed by atoms with van der Waals surface area (Å²) in [5.74, 6) is -1.88. The summed E-state index contributed by atoms with van der Waals surface area (Å²) in [6, 6.07) is 10.7. The molecule has 224 valence electrons. The van der Waals surface area contributed by atoms with E-state index in [0.29, 0.717) is 50.9 Å². The van der Waals surface area contributed by atoms with Crippen molar-refractivity contribution < 1.29 is 35.9 Å². The third-order valence-electron chi connectivity index (χ3n) is 8.46. The van der Waals surface area contributed by atoms with Gasteiger partial charge < -0.3 is 10.2 Å². The van der Waals surface area contributed by atoms with Crippen molar-refractivity contribution in [3.05, 3.63) is 70.8 Å². The minimum absolute atomic E-state index is 0.0132. The van der Waals surface area contributed by atoms with Gasteiger partial charge in [-0.2, -0.15) is 26.3 Å². The summed E-state index contributed by atoms with van der Waals surface area (Å²) in [6.07, 6.45) is -7.89. The number of hydrogen-bond donors (Lipinski definition) is 1. The predicted octanol–water partition coefficient (Wildman–Crippen LogP) is 6.33. The molecule has 2 fully saturated rings. The van der Waals surface area contributed by atoms with Gasteiger partial charge >= 0.3 is 12.4 Å². The zero-order chi connectivity index (χ0) is 30.2. The summed E-state index contributed by atoms with van der Waals surface area (Å²) in [5, 5.41) is 3.01. The van der Waals surface area contributed by atoms with Crippen LogP contribution < -0.4 is 5.32 Å². The molecule has 0 radical (unpaired) electrons. The fourth-order valence-electron chi connectivity index (χ4n) is 5.91. The van der Waals surface area contributed by atoms with Crippen LogP contribution >= 0.6 is 0 Å². The smallest absolute Gasteiger partial charge is 0.346 e. The van der Waals surface area contributed by atoms with E-state index in [1.807, 2.05) is 49.1 Å². The van der Waals surface area contributed by atoms with Gasteiger partial charge in [0.2, 0.25) is 11.8 Å². The molecule has 2 aromatic carbocycles. The summed E-state index contributed by atoms with van der Waals surface area (Å²) in [4.78, 5) is 30.4. The summed E-state index contributed by atoms with van der Waals surface area (Å²) in [6.45, 7) is 7.14. The van der Waals surface area contributed by atoms with E-state index in [0.717, 1.165) is 12.1 Å². The van der Waals surface area contributed by atoms with E-state index in [2.05, 4.69) is 10.2 Å². The van der Waals surface area contributed by atoms with Gasteiger partial charge in [0.15, 0.2) is 0 Å². The van der Waals surface area contributed by atoms with Gasteiger partial charge in [0.25, 0.3) is 0 Å². The zero-order valence-electron chi connectivity index (χ0n) is 23.3. The molecule has 41 heavy (non-hydrogen) atoms. The maximum Gasteiger partial charge on any atom is 0.416 e. The van der Waals surface area contributed by atoms with Crippen molar-refractivity contribution >= 4 is 11.8 Å². The number of hydrogen-bond acceptors (Lipinski definition) is 3. The lowest BCUT2D eigenvalue weighted by Gasteiger charge is -2.47. The molecule has 1 aliphatic carbocycles. The Balaban J connectivity index is 1.56. The number of piperazine rings is 1. The Morgan fingerprint density at radius 1 is 0.902 bits per heavy atom. The molecule has 5 nitrogen and oxygen atoms in total. The summed E-state index contributed by atoms with van der Waals surface area (Å²) < 4.78 is 80.6. The molecule has 0 aromatic heterocycles. The number of alkyl halides is 6. The fourth-order valence-corrected chi connectivity index (χ4v) is 5.91. The van der Waals surface area contributed by atoms with E-state index in [1.165, 1.54) is 6.92 Å². The van der Waals surface area contributed by atoms with Gasteiger partial charge in [-0.05, 0) is 75.8 Å². The minimum Gasteiger partial charge on any atom is -0.346 e. The van der Waals surface area contributed by atoms with Crippen LogP contribution in [0.25, 0.3) is 0 Å².